The van der Waals surface area contributed by atoms with E-state index in [-0.39, 0.29) is 5.92 Å². The minimum atomic E-state index is 0.273. The lowest BCUT2D eigenvalue weighted by Gasteiger charge is -2.16. The molecule has 0 aromatic heterocycles. The number of hydrogen-bond acceptors (Lipinski definition) is 3. The molecule has 0 amide bonds. The van der Waals surface area contributed by atoms with E-state index in [0.717, 1.165) is 27.1 Å². The molecule has 2 aromatic rings. The normalized spacial score (nSPS) is 16.4. The van der Waals surface area contributed by atoms with Crippen molar-refractivity contribution in [2.75, 3.05) is 13.2 Å². The number of benzene rings is 2. The molecule has 0 saturated heterocycles. The highest BCUT2D eigenvalue weighted by atomic mass is 79.9. The summed E-state index contributed by atoms with van der Waals surface area (Å²) in [4.78, 5) is 0. The molecule has 1 unspecified atom stereocenters. The van der Waals surface area contributed by atoms with Crippen LogP contribution in [0.25, 0.3) is 0 Å². The third-order valence-corrected chi connectivity index (χ3v) is 4.22. The van der Waals surface area contributed by atoms with E-state index < -0.39 is 0 Å². The Morgan fingerprint density at radius 3 is 2.95 bits per heavy atom. The van der Waals surface area contributed by atoms with Crippen molar-refractivity contribution in [1.82, 2.24) is 0 Å². The van der Waals surface area contributed by atoms with Crippen LogP contribution in [0.5, 0.6) is 11.5 Å². The molecular weight excluding hydrogens is 330 g/mol. The van der Waals surface area contributed by atoms with Crippen LogP contribution in [0, 0.1) is 6.92 Å². The predicted molar refractivity (Wildman–Crippen MR) is 86.9 cm³/mol. The van der Waals surface area contributed by atoms with Gasteiger partial charge in [-0.3, -0.25) is 0 Å². The highest BCUT2D eigenvalue weighted by molar-refractivity contribution is 9.10. The van der Waals surface area contributed by atoms with E-state index in [9.17, 15) is 0 Å². The maximum absolute atomic E-state index is 6.07. The average molecular weight is 348 g/mol. The van der Waals surface area contributed by atoms with Crippen molar-refractivity contribution in [2.24, 2.45) is 5.73 Å². The fourth-order valence-corrected chi connectivity index (χ4v) is 3.33. The molecule has 2 N–H and O–H groups in total. The van der Waals surface area contributed by atoms with Crippen LogP contribution in [0.15, 0.2) is 40.9 Å². The van der Waals surface area contributed by atoms with Crippen molar-refractivity contribution < 1.29 is 9.47 Å². The molecule has 21 heavy (non-hydrogen) atoms. The Morgan fingerprint density at radius 1 is 1.33 bits per heavy atom. The Balaban J connectivity index is 1.78. The van der Waals surface area contributed by atoms with Crippen molar-refractivity contribution in [3.8, 4) is 11.5 Å². The van der Waals surface area contributed by atoms with Gasteiger partial charge in [0, 0.05) is 22.1 Å². The second-order valence-electron chi connectivity index (χ2n) is 5.27. The zero-order valence-corrected chi connectivity index (χ0v) is 13.5. The SMILES string of the molecule is Cc1cc(Br)cc(CN)c1OCC1COc2ccccc21. The zero-order chi connectivity index (χ0) is 14.8. The Morgan fingerprint density at radius 2 is 2.14 bits per heavy atom. The van der Waals surface area contributed by atoms with Gasteiger partial charge in [0.15, 0.2) is 0 Å². The van der Waals surface area contributed by atoms with E-state index in [0.29, 0.717) is 19.8 Å². The highest BCUT2D eigenvalue weighted by Crippen LogP contribution is 2.35. The molecule has 110 valence electrons. The van der Waals surface area contributed by atoms with Crippen LogP contribution in [-0.4, -0.2) is 13.2 Å². The third-order valence-electron chi connectivity index (χ3n) is 3.76. The summed E-state index contributed by atoms with van der Waals surface area (Å²) in [5.74, 6) is 2.14. The van der Waals surface area contributed by atoms with Crippen LogP contribution in [0.1, 0.15) is 22.6 Å². The first-order valence-corrected chi connectivity index (χ1v) is 7.82. The first kappa shape index (κ1) is 14.4. The van der Waals surface area contributed by atoms with Crippen molar-refractivity contribution >= 4 is 15.9 Å². The number of para-hydroxylation sites is 1. The second kappa shape index (κ2) is 6.08. The van der Waals surface area contributed by atoms with Crippen molar-refractivity contribution in [2.45, 2.75) is 19.4 Å². The van der Waals surface area contributed by atoms with E-state index in [2.05, 4.69) is 22.0 Å². The van der Waals surface area contributed by atoms with Crippen molar-refractivity contribution in [3.63, 3.8) is 0 Å². The van der Waals surface area contributed by atoms with Gasteiger partial charge in [0.05, 0.1) is 19.1 Å². The largest absolute Gasteiger partial charge is 0.493 e. The van der Waals surface area contributed by atoms with E-state index in [1.165, 1.54) is 5.56 Å². The molecule has 0 fully saturated rings. The Kier molecular flexibility index (Phi) is 4.17. The summed E-state index contributed by atoms with van der Waals surface area (Å²) in [6.45, 7) is 3.78. The Hall–Kier alpha value is -1.52. The number of fused-ring (bicyclic) bond motifs is 1. The molecule has 0 aliphatic carbocycles. The van der Waals surface area contributed by atoms with E-state index in [1.807, 2.05) is 37.3 Å². The minimum absolute atomic E-state index is 0.273. The summed E-state index contributed by atoms with van der Waals surface area (Å²) >= 11 is 3.50. The molecule has 1 aliphatic rings. The second-order valence-corrected chi connectivity index (χ2v) is 6.19. The van der Waals surface area contributed by atoms with E-state index in [1.54, 1.807) is 0 Å². The maximum atomic E-state index is 6.07. The van der Waals surface area contributed by atoms with Gasteiger partial charge in [-0.05, 0) is 30.7 Å². The summed E-state index contributed by atoms with van der Waals surface area (Å²) in [5, 5.41) is 0. The molecule has 0 spiro atoms. The smallest absolute Gasteiger partial charge is 0.126 e. The summed E-state index contributed by atoms with van der Waals surface area (Å²) in [6.07, 6.45) is 0. The van der Waals surface area contributed by atoms with Crippen LogP contribution in [0.2, 0.25) is 0 Å². The van der Waals surface area contributed by atoms with Gasteiger partial charge < -0.3 is 15.2 Å². The molecule has 3 rings (SSSR count). The summed E-state index contributed by atoms with van der Waals surface area (Å²) in [5.41, 5.74) is 9.16. The maximum Gasteiger partial charge on any atom is 0.126 e. The van der Waals surface area contributed by atoms with Crippen molar-refractivity contribution in [3.05, 3.63) is 57.6 Å². The molecule has 4 heteroatoms. The average Bonchev–Trinajstić information content (AvgIpc) is 2.89. The first-order chi connectivity index (χ1) is 10.2. The highest BCUT2D eigenvalue weighted by Gasteiger charge is 2.24. The fraction of sp³-hybridized carbons (Fsp3) is 0.294. The molecule has 1 atom stereocenters. The number of halogens is 1. The Bertz CT molecular complexity index is 657. The van der Waals surface area contributed by atoms with E-state index in [4.69, 9.17) is 15.2 Å². The zero-order valence-electron chi connectivity index (χ0n) is 11.9. The third kappa shape index (κ3) is 2.92. The topological polar surface area (TPSA) is 44.5 Å². The molecular formula is C17H18BrNO2. The lowest BCUT2D eigenvalue weighted by molar-refractivity contribution is 0.246. The number of rotatable bonds is 4. The van der Waals surface area contributed by atoms with Crippen LogP contribution in [-0.2, 0) is 6.54 Å². The van der Waals surface area contributed by atoms with Gasteiger partial charge in [0.1, 0.15) is 11.5 Å². The number of nitrogens with two attached hydrogens (primary N) is 1. The predicted octanol–water partition coefficient (Wildman–Crippen LogP) is 3.77. The monoisotopic (exact) mass is 347 g/mol. The fourth-order valence-electron chi connectivity index (χ4n) is 2.71. The van der Waals surface area contributed by atoms with Gasteiger partial charge in [0.2, 0.25) is 0 Å². The molecule has 2 aromatic carbocycles. The van der Waals surface area contributed by atoms with Gasteiger partial charge in [-0.2, -0.15) is 0 Å². The Labute approximate surface area is 133 Å². The lowest BCUT2D eigenvalue weighted by atomic mass is 10.0. The summed E-state index contributed by atoms with van der Waals surface area (Å²) in [6, 6.07) is 12.2. The number of hydrogen-bond donors (Lipinski definition) is 1. The molecule has 3 nitrogen and oxygen atoms in total. The standard InChI is InChI=1S/C17H18BrNO2/c1-11-6-14(18)7-12(8-19)17(11)21-10-13-9-20-16-5-3-2-4-15(13)16/h2-7,13H,8-10,19H2,1H3. The molecule has 0 bridgehead atoms. The van der Waals surface area contributed by atoms with Crippen LogP contribution >= 0.6 is 15.9 Å². The van der Waals surface area contributed by atoms with Gasteiger partial charge in [0.25, 0.3) is 0 Å². The van der Waals surface area contributed by atoms with Gasteiger partial charge >= 0.3 is 0 Å². The summed E-state index contributed by atoms with van der Waals surface area (Å²) < 4.78 is 12.8. The van der Waals surface area contributed by atoms with Crippen LogP contribution in [0.3, 0.4) is 0 Å². The van der Waals surface area contributed by atoms with Crippen molar-refractivity contribution in [1.29, 1.82) is 0 Å². The van der Waals surface area contributed by atoms with E-state index >= 15 is 0 Å². The lowest BCUT2D eigenvalue weighted by Crippen LogP contribution is -2.14. The minimum Gasteiger partial charge on any atom is -0.493 e. The van der Waals surface area contributed by atoms with Gasteiger partial charge in [-0.15, -0.1) is 0 Å². The van der Waals surface area contributed by atoms with Crippen LogP contribution < -0.4 is 15.2 Å². The molecule has 0 saturated carbocycles. The number of ether oxygens (including phenoxy) is 2. The molecule has 1 aliphatic heterocycles. The summed E-state index contributed by atoms with van der Waals surface area (Å²) in [7, 11) is 0. The molecule has 0 radical (unpaired) electrons. The quantitative estimate of drug-likeness (QED) is 0.915. The van der Waals surface area contributed by atoms with Gasteiger partial charge in [-0.1, -0.05) is 34.1 Å². The number of aryl methyl sites for hydroxylation is 1. The van der Waals surface area contributed by atoms with Gasteiger partial charge in [-0.25, -0.2) is 0 Å². The molecule has 1 heterocycles. The first-order valence-electron chi connectivity index (χ1n) is 7.02. The van der Waals surface area contributed by atoms with Crippen LogP contribution in [0.4, 0.5) is 0 Å².